The van der Waals surface area contributed by atoms with Crippen LogP contribution in [0.15, 0.2) is 48.8 Å². The van der Waals surface area contributed by atoms with E-state index < -0.39 is 11.9 Å². The molecule has 1 saturated heterocycles. The maximum absolute atomic E-state index is 13.3. The van der Waals surface area contributed by atoms with Crippen molar-refractivity contribution in [1.29, 1.82) is 0 Å². The first-order chi connectivity index (χ1) is 13.9. The molecule has 1 aliphatic heterocycles. The number of amides is 1. The summed E-state index contributed by atoms with van der Waals surface area (Å²) in [5, 5.41) is 0. The third-order valence-corrected chi connectivity index (χ3v) is 5.14. The van der Waals surface area contributed by atoms with Crippen molar-refractivity contribution in [3.8, 4) is 5.69 Å². The molecule has 0 unspecified atom stereocenters. The molecule has 0 radical (unpaired) electrons. The molecule has 0 saturated carbocycles. The van der Waals surface area contributed by atoms with E-state index in [2.05, 4.69) is 4.98 Å². The number of benzene rings is 2. The van der Waals surface area contributed by atoms with Crippen molar-refractivity contribution in [1.82, 2.24) is 14.5 Å². The van der Waals surface area contributed by atoms with E-state index >= 15 is 0 Å². The van der Waals surface area contributed by atoms with Crippen molar-refractivity contribution in [2.75, 3.05) is 20.2 Å². The van der Waals surface area contributed by atoms with Crippen LogP contribution in [0.25, 0.3) is 16.7 Å². The highest BCUT2D eigenvalue weighted by molar-refractivity contribution is 5.97. The maximum Gasteiger partial charge on any atom is 0.337 e. The SMILES string of the molecule is COC(=O)c1ccc(-n2cnc3cc(C(=O)N4CCC(F)(F)CC4)ccc32)cc1. The number of carbonyl (C=O) groups excluding carboxylic acids is 2. The second-order valence-corrected chi connectivity index (χ2v) is 7.00. The van der Waals surface area contributed by atoms with Gasteiger partial charge in [-0.1, -0.05) is 0 Å². The Kier molecular flexibility index (Phi) is 4.77. The van der Waals surface area contributed by atoms with Gasteiger partial charge >= 0.3 is 5.97 Å². The molecule has 1 aliphatic rings. The number of halogens is 2. The second kappa shape index (κ2) is 7.27. The Bertz CT molecular complexity index is 1070. The van der Waals surface area contributed by atoms with Crippen molar-refractivity contribution < 1.29 is 23.1 Å². The lowest BCUT2D eigenvalue weighted by molar-refractivity contribution is -0.0494. The number of alkyl halides is 2. The first-order valence-electron chi connectivity index (χ1n) is 9.21. The van der Waals surface area contributed by atoms with Crippen LogP contribution in [0.5, 0.6) is 0 Å². The van der Waals surface area contributed by atoms with Gasteiger partial charge < -0.3 is 9.64 Å². The number of rotatable bonds is 3. The predicted octanol–water partition coefficient (Wildman–Crippen LogP) is 3.68. The van der Waals surface area contributed by atoms with E-state index in [1.165, 1.54) is 12.0 Å². The highest BCUT2D eigenvalue weighted by Crippen LogP contribution is 2.29. The van der Waals surface area contributed by atoms with Gasteiger partial charge in [0, 0.05) is 37.2 Å². The van der Waals surface area contributed by atoms with Gasteiger partial charge in [0.2, 0.25) is 0 Å². The molecule has 0 atom stereocenters. The molecule has 150 valence electrons. The maximum atomic E-state index is 13.3. The average molecular weight is 399 g/mol. The summed E-state index contributed by atoms with van der Waals surface area (Å²) in [5.41, 5.74) is 3.08. The van der Waals surface area contributed by atoms with Gasteiger partial charge in [-0.05, 0) is 42.5 Å². The van der Waals surface area contributed by atoms with Crippen LogP contribution in [0.2, 0.25) is 0 Å². The smallest absolute Gasteiger partial charge is 0.337 e. The number of imidazole rings is 1. The Labute approximate surface area is 165 Å². The summed E-state index contributed by atoms with van der Waals surface area (Å²) in [4.78, 5) is 30.1. The lowest BCUT2D eigenvalue weighted by Crippen LogP contribution is -2.42. The molecule has 0 N–H and O–H groups in total. The number of aromatic nitrogens is 2. The second-order valence-electron chi connectivity index (χ2n) is 7.00. The van der Waals surface area contributed by atoms with Crippen LogP contribution < -0.4 is 0 Å². The molecule has 8 heteroatoms. The number of piperidine rings is 1. The molecule has 3 aromatic rings. The number of hydrogen-bond acceptors (Lipinski definition) is 4. The third kappa shape index (κ3) is 3.70. The van der Waals surface area contributed by atoms with Crippen molar-refractivity contribution in [3.63, 3.8) is 0 Å². The van der Waals surface area contributed by atoms with Crippen LogP contribution in [0.3, 0.4) is 0 Å². The standard InChI is InChI=1S/C21H19F2N3O3/c1-29-20(28)14-2-5-16(6-3-14)26-13-24-17-12-15(4-7-18(17)26)19(27)25-10-8-21(22,23)9-11-25/h2-7,12-13H,8-11H2,1H3. The highest BCUT2D eigenvalue weighted by Gasteiger charge is 2.35. The van der Waals surface area contributed by atoms with Crippen LogP contribution in [0.4, 0.5) is 8.78 Å². The fourth-order valence-corrected chi connectivity index (χ4v) is 3.45. The summed E-state index contributed by atoms with van der Waals surface area (Å²) >= 11 is 0. The van der Waals surface area contributed by atoms with Gasteiger partial charge in [0.05, 0.1) is 23.7 Å². The zero-order valence-corrected chi connectivity index (χ0v) is 15.8. The van der Waals surface area contributed by atoms with Gasteiger partial charge in [0.15, 0.2) is 0 Å². The number of fused-ring (bicyclic) bond motifs is 1. The quantitative estimate of drug-likeness (QED) is 0.631. The van der Waals surface area contributed by atoms with Crippen LogP contribution in [0, 0.1) is 0 Å². The molecule has 0 aliphatic carbocycles. The molecule has 2 heterocycles. The molecular formula is C21H19F2N3O3. The number of hydrogen-bond donors (Lipinski definition) is 0. The summed E-state index contributed by atoms with van der Waals surface area (Å²) in [5.74, 6) is -3.37. The van der Waals surface area contributed by atoms with E-state index in [1.807, 2.05) is 4.57 Å². The topological polar surface area (TPSA) is 64.4 Å². The Morgan fingerprint density at radius 2 is 1.69 bits per heavy atom. The summed E-state index contributed by atoms with van der Waals surface area (Å²) in [6, 6.07) is 12.0. The van der Waals surface area contributed by atoms with E-state index in [1.54, 1.807) is 48.8 Å². The average Bonchev–Trinajstić information content (AvgIpc) is 3.16. The third-order valence-electron chi connectivity index (χ3n) is 5.14. The van der Waals surface area contributed by atoms with Crippen LogP contribution >= 0.6 is 0 Å². The molecule has 1 amide bonds. The van der Waals surface area contributed by atoms with Gasteiger partial charge in [-0.2, -0.15) is 0 Å². The molecule has 0 bridgehead atoms. The lowest BCUT2D eigenvalue weighted by atomic mass is 10.1. The Morgan fingerprint density at radius 3 is 2.34 bits per heavy atom. The number of likely N-dealkylation sites (tertiary alicyclic amines) is 1. The molecule has 29 heavy (non-hydrogen) atoms. The largest absolute Gasteiger partial charge is 0.465 e. The fraction of sp³-hybridized carbons (Fsp3) is 0.286. The summed E-state index contributed by atoms with van der Waals surface area (Å²) in [6.07, 6.45) is 1.02. The fourth-order valence-electron chi connectivity index (χ4n) is 3.45. The Morgan fingerprint density at radius 1 is 1.03 bits per heavy atom. The van der Waals surface area contributed by atoms with E-state index in [9.17, 15) is 18.4 Å². The Hall–Kier alpha value is -3.29. The first-order valence-corrected chi connectivity index (χ1v) is 9.21. The van der Waals surface area contributed by atoms with Crippen molar-refractivity contribution in [3.05, 3.63) is 59.9 Å². The first kappa shape index (κ1) is 19.0. The van der Waals surface area contributed by atoms with E-state index in [4.69, 9.17) is 4.74 Å². The van der Waals surface area contributed by atoms with Crippen molar-refractivity contribution in [2.45, 2.75) is 18.8 Å². The van der Waals surface area contributed by atoms with Crippen molar-refractivity contribution in [2.24, 2.45) is 0 Å². The van der Waals surface area contributed by atoms with E-state index in [0.717, 1.165) is 11.2 Å². The highest BCUT2D eigenvalue weighted by atomic mass is 19.3. The Balaban J connectivity index is 1.58. The van der Waals surface area contributed by atoms with Gasteiger partial charge in [0.25, 0.3) is 11.8 Å². The molecule has 2 aromatic carbocycles. The number of carbonyl (C=O) groups is 2. The van der Waals surface area contributed by atoms with Gasteiger partial charge in [0.1, 0.15) is 6.33 Å². The number of esters is 1. The molecule has 6 nitrogen and oxygen atoms in total. The predicted molar refractivity (Wildman–Crippen MR) is 102 cm³/mol. The minimum atomic E-state index is -2.69. The molecule has 1 aromatic heterocycles. The van der Waals surface area contributed by atoms with Crippen LogP contribution in [-0.4, -0.2) is 52.4 Å². The van der Waals surface area contributed by atoms with Crippen LogP contribution in [-0.2, 0) is 4.74 Å². The summed E-state index contributed by atoms with van der Waals surface area (Å²) in [6.45, 7) is 0.0930. The summed E-state index contributed by atoms with van der Waals surface area (Å²) < 4.78 is 33.2. The van der Waals surface area contributed by atoms with E-state index in [0.29, 0.717) is 16.6 Å². The lowest BCUT2D eigenvalue weighted by Gasteiger charge is -2.31. The van der Waals surface area contributed by atoms with Gasteiger partial charge in [-0.15, -0.1) is 0 Å². The van der Waals surface area contributed by atoms with Gasteiger partial charge in [-0.3, -0.25) is 9.36 Å². The van der Waals surface area contributed by atoms with Crippen LogP contribution in [0.1, 0.15) is 33.6 Å². The molecule has 1 fully saturated rings. The number of nitrogens with zero attached hydrogens (tertiary/aromatic N) is 3. The minimum Gasteiger partial charge on any atom is -0.465 e. The van der Waals surface area contributed by atoms with Gasteiger partial charge in [-0.25, -0.2) is 18.6 Å². The zero-order chi connectivity index (χ0) is 20.6. The molecule has 0 spiro atoms. The van der Waals surface area contributed by atoms with E-state index in [-0.39, 0.29) is 31.8 Å². The molecular weight excluding hydrogens is 380 g/mol. The number of methoxy groups -OCH3 is 1. The normalized spacial score (nSPS) is 16.0. The zero-order valence-electron chi connectivity index (χ0n) is 15.8. The number of ether oxygens (including phenoxy) is 1. The summed E-state index contributed by atoms with van der Waals surface area (Å²) in [7, 11) is 1.33. The molecule has 4 rings (SSSR count). The monoisotopic (exact) mass is 399 g/mol. The minimum absolute atomic E-state index is 0.0465. The van der Waals surface area contributed by atoms with Crippen molar-refractivity contribution >= 4 is 22.9 Å².